The average molecular weight is 265 g/mol. The predicted octanol–water partition coefficient (Wildman–Crippen LogP) is 0.588. The van der Waals surface area contributed by atoms with Crippen LogP contribution in [-0.2, 0) is 14.8 Å². The van der Waals surface area contributed by atoms with E-state index < -0.39 is 10.0 Å². The van der Waals surface area contributed by atoms with Crippen LogP contribution < -0.4 is 0 Å². The molecule has 0 aromatic heterocycles. The van der Waals surface area contributed by atoms with Crippen molar-refractivity contribution in [2.24, 2.45) is 0 Å². The van der Waals surface area contributed by atoms with E-state index in [4.69, 9.17) is 9.84 Å². The molecule has 1 saturated carbocycles. The summed E-state index contributed by atoms with van der Waals surface area (Å²) in [5.41, 5.74) is 0. The highest BCUT2D eigenvalue weighted by atomic mass is 32.2. The van der Waals surface area contributed by atoms with E-state index >= 15 is 0 Å². The molecular formula is C11H23NO4S. The lowest BCUT2D eigenvalue weighted by atomic mass is 9.93. The lowest BCUT2D eigenvalue weighted by Crippen LogP contribution is -2.47. The van der Waals surface area contributed by atoms with Gasteiger partial charge < -0.3 is 9.84 Å². The van der Waals surface area contributed by atoms with Crippen molar-refractivity contribution in [2.45, 2.75) is 45.3 Å². The van der Waals surface area contributed by atoms with E-state index in [9.17, 15) is 8.42 Å². The highest BCUT2D eigenvalue weighted by Crippen LogP contribution is 2.26. The molecule has 0 spiro atoms. The fraction of sp³-hybridized carbons (Fsp3) is 1.00. The van der Waals surface area contributed by atoms with Gasteiger partial charge in [-0.1, -0.05) is 6.42 Å². The van der Waals surface area contributed by atoms with Crippen LogP contribution in [0.5, 0.6) is 0 Å². The summed E-state index contributed by atoms with van der Waals surface area (Å²) < 4.78 is 30.9. The zero-order chi connectivity index (χ0) is 12.9. The first-order valence-electron chi connectivity index (χ1n) is 6.19. The van der Waals surface area contributed by atoms with Crippen molar-refractivity contribution >= 4 is 10.0 Å². The minimum absolute atomic E-state index is 0.00167. The van der Waals surface area contributed by atoms with E-state index in [2.05, 4.69) is 0 Å². The van der Waals surface area contributed by atoms with Crippen molar-refractivity contribution < 1.29 is 18.3 Å². The number of nitrogens with zero attached hydrogens (tertiary/aromatic N) is 1. The van der Waals surface area contributed by atoms with E-state index in [1.807, 2.05) is 13.8 Å². The highest BCUT2D eigenvalue weighted by molar-refractivity contribution is 7.89. The Morgan fingerprint density at radius 2 is 2.06 bits per heavy atom. The third-order valence-electron chi connectivity index (χ3n) is 2.95. The molecule has 1 fully saturated rings. The molecule has 17 heavy (non-hydrogen) atoms. The number of aliphatic hydroxyl groups is 1. The first-order valence-corrected chi connectivity index (χ1v) is 7.80. The number of rotatable bonds is 8. The normalized spacial score (nSPS) is 17.7. The summed E-state index contributed by atoms with van der Waals surface area (Å²) in [7, 11) is -3.29. The van der Waals surface area contributed by atoms with Gasteiger partial charge in [-0.15, -0.1) is 0 Å². The minimum Gasteiger partial charge on any atom is -0.395 e. The van der Waals surface area contributed by atoms with E-state index in [0.717, 1.165) is 19.3 Å². The quantitative estimate of drug-likeness (QED) is 0.697. The van der Waals surface area contributed by atoms with Crippen LogP contribution in [-0.4, -0.2) is 55.5 Å². The Hall–Kier alpha value is -0.170. The van der Waals surface area contributed by atoms with Gasteiger partial charge in [0.15, 0.2) is 0 Å². The second-order valence-electron chi connectivity index (χ2n) is 4.65. The summed E-state index contributed by atoms with van der Waals surface area (Å²) in [5.74, 6) is 0.00167. The van der Waals surface area contributed by atoms with Crippen LogP contribution in [0.1, 0.15) is 33.1 Å². The number of ether oxygens (including phenoxy) is 1. The van der Waals surface area contributed by atoms with Crippen molar-refractivity contribution in [3.8, 4) is 0 Å². The lowest BCUT2D eigenvalue weighted by molar-refractivity contribution is 0.0897. The molecule has 0 bridgehead atoms. The Bertz CT molecular complexity index is 311. The van der Waals surface area contributed by atoms with E-state index in [-0.39, 0.29) is 37.7 Å². The summed E-state index contributed by atoms with van der Waals surface area (Å²) in [4.78, 5) is 0. The molecule has 1 aliphatic carbocycles. The molecule has 6 heteroatoms. The SMILES string of the molecule is CC(C)OCCS(=O)(=O)N(CCO)C1CCC1. The van der Waals surface area contributed by atoms with Crippen LogP contribution >= 0.6 is 0 Å². The van der Waals surface area contributed by atoms with Gasteiger partial charge in [-0.05, 0) is 26.7 Å². The van der Waals surface area contributed by atoms with E-state index in [1.54, 1.807) is 0 Å². The van der Waals surface area contributed by atoms with Crippen molar-refractivity contribution in [3.05, 3.63) is 0 Å². The molecule has 0 aromatic rings. The summed E-state index contributed by atoms with van der Waals surface area (Å²) in [6, 6.07) is 0.0891. The minimum atomic E-state index is -3.29. The Labute approximate surface area is 104 Å². The zero-order valence-corrected chi connectivity index (χ0v) is 11.4. The van der Waals surface area contributed by atoms with E-state index in [1.165, 1.54) is 4.31 Å². The third-order valence-corrected chi connectivity index (χ3v) is 4.83. The van der Waals surface area contributed by atoms with Gasteiger partial charge in [0, 0.05) is 12.6 Å². The molecule has 1 N–H and O–H groups in total. The standard InChI is InChI=1S/C11H23NO4S/c1-10(2)16-8-9-17(14,15)12(6-7-13)11-4-3-5-11/h10-11,13H,3-9H2,1-2H3. The van der Waals surface area contributed by atoms with Crippen LogP contribution in [0, 0.1) is 0 Å². The topological polar surface area (TPSA) is 66.8 Å². The molecule has 0 amide bonds. The van der Waals surface area contributed by atoms with Gasteiger partial charge in [-0.3, -0.25) is 0 Å². The number of hydrogen-bond acceptors (Lipinski definition) is 4. The van der Waals surface area contributed by atoms with Crippen LogP contribution in [0.3, 0.4) is 0 Å². The monoisotopic (exact) mass is 265 g/mol. The van der Waals surface area contributed by atoms with Gasteiger partial charge in [-0.25, -0.2) is 8.42 Å². The largest absolute Gasteiger partial charge is 0.395 e. The molecule has 0 aliphatic heterocycles. The smallest absolute Gasteiger partial charge is 0.216 e. The Kier molecular flexibility index (Phi) is 5.85. The molecule has 0 aromatic carbocycles. The second-order valence-corrected chi connectivity index (χ2v) is 6.70. The summed E-state index contributed by atoms with van der Waals surface area (Å²) in [6.45, 7) is 4.05. The molecule has 0 heterocycles. The molecule has 102 valence electrons. The number of hydrogen-bond donors (Lipinski definition) is 1. The van der Waals surface area contributed by atoms with Crippen LogP contribution in [0.4, 0.5) is 0 Å². The number of sulfonamides is 1. The molecule has 5 nitrogen and oxygen atoms in total. The maximum atomic E-state index is 12.1. The average Bonchev–Trinajstić information content (AvgIpc) is 2.13. The molecule has 1 rings (SSSR count). The van der Waals surface area contributed by atoms with Crippen molar-refractivity contribution in [1.82, 2.24) is 4.31 Å². The molecular weight excluding hydrogens is 242 g/mol. The molecule has 0 atom stereocenters. The summed E-state index contributed by atoms with van der Waals surface area (Å²) >= 11 is 0. The van der Waals surface area contributed by atoms with Gasteiger partial charge in [-0.2, -0.15) is 4.31 Å². The van der Waals surface area contributed by atoms with Gasteiger partial charge in [0.05, 0.1) is 25.1 Å². The maximum absolute atomic E-state index is 12.1. The molecule has 1 aliphatic rings. The van der Waals surface area contributed by atoms with Gasteiger partial charge in [0.25, 0.3) is 0 Å². The fourth-order valence-electron chi connectivity index (χ4n) is 1.83. The fourth-order valence-corrected chi connectivity index (χ4v) is 3.39. The van der Waals surface area contributed by atoms with Gasteiger partial charge in [0.1, 0.15) is 0 Å². The Balaban J connectivity index is 2.51. The first-order chi connectivity index (χ1) is 7.97. The van der Waals surface area contributed by atoms with Crippen molar-refractivity contribution in [1.29, 1.82) is 0 Å². The first kappa shape index (κ1) is 14.9. The van der Waals surface area contributed by atoms with Crippen LogP contribution in [0.25, 0.3) is 0 Å². The van der Waals surface area contributed by atoms with Gasteiger partial charge in [0.2, 0.25) is 10.0 Å². The third kappa shape index (κ3) is 4.54. The van der Waals surface area contributed by atoms with Crippen LogP contribution in [0.15, 0.2) is 0 Å². The molecule has 0 radical (unpaired) electrons. The Morgan fingerprint density at radius 3 is 2.47 bits per heavy atom. The second kappa shape index (κ2) is 6.68. The lowest BCUT2D eigenvalue weighted by Gasteiger charge is -2.36. The highest BCUT2D eigenvalue weighted by Gasteiger charge is 2.32. The summed E-state index contributed by atoms with van der Waals surface area (Å²) in [6.07, 6.45) is 2.93. The predicted molar refractivity (Wildman–Crippen MR) is 66.3 cm³/mol. The molecule has 0 unspecified atom stereocenters. The van der Waals surface area contributed by atoms with Crippen LogP contribution in [0.2, 0.25) is 0 Å². The van der Waals surface area contributed by atoms with Crippen molar-refractivity contribution in [2.75, 3.05) is 25.5 Å². The van der Waals surface area contributed by atoms with E-state index in [0.29, 0.717) is 0 Å². The van der Waals surface area contributed by atoms with Gasteiger partial charge >= 0.3 is 0 Å². The number of aliphatic hydroxyl groups excluding tert-OH is 1. The maximum Gasteiger partial charge on any atom is 0.216 e. The van der Waals surface area contributed by atoms with Crippen molar-refractivity contribution in [3.63, 3.8) is 0 Å². The summed E-state index contributed by atoms with van der Waals surface area (Å²) in [5, 5.41) is 8.94. The zero-order valence-electron chi connectivity index (χ0n) is 10.6. The Morgan fingerprint density at radius 1 is 1.41 bits per heavy atom. The molecule has 0 saturated heterocycles.